The molecular weight excluding hydrogens is 439 g/mol. The van der Waals surface area contributed by atoms with Gasteiger partial charge < -0.3 is 21.1 Å². The van der Waals surface area contributed by atoms with Crippen LogP contribution in [0.5, 0.6) is 5.75 Å². The fourth-order valence-corrected chi connectivity index (χ4v) is 3.65. The maximum absolute atomic E-state index is 14.5. The van der Waals surface area contributed by atoms with Gasteiger partial charge in [0.05, 0.1) is 24.7 Å². The van der Waals surface area contributed by atoms with Crippen LogP contribution >= 0.6 is 0 Å². The highest BCUT2D eigenvalue weighted by Crippen LogP contribution is 2.33. The number of halogens is 1. The molecule has 0 aliphatic rings. The van der Waals surface area contributed by atoms with E-state index in [9.17, 15) is 9.18 Å². The highest BCUT2D eigenvalue weighted by molar-refractivity contribution is 6.11. The first-order chi connectivity index (χ1) is 16.5. The molecular formula is C23H19FN8O2. The van der Waals surface area contributed by atoms with Gasteiger partial charge >= 0.3 is 0 Å². The lowest BCUT2D eigenvalue weighted by Crippen LogP contribution is -2.16. The Morgan fingerprint density at radius 2 is 1.97 bits per heavy atom. The molecule has 170 valence electrons. The molecule has 3 heterocycles. The first kappa shape index (κ1) is 21.1. The van der Waals surface area contributed by atoms with E-state index >= 15 is 0 Å². The number of aromatic nitrogens is 5. The molecule has 1 amide bonds. The number of carbonyl (C=O) groups excluding carboxylic acids is 1. The van der Waals surface area contributed by atoms with Gasteiger partial charge in [-0.2, -0.15) is 5.10 Å². The second-order valence-corrected chi connectivity index (χ2v) is 7.46. The molecule has 34 heavy (non-hydrogen) atoms. The van der Waals surface area contributed by atoms with Crippen molar-refractivity contribution in [2.75, 3.05) is 23.5 Å². The van der Waals surface area contributed by atoms with Crippen LogP contribution in [-0.4, -0.2) is 37.6 Å². The van der Waals surface area contributed by atoms with Crippen LogP contribution in [0, 0.1) is 12.7 Å². The molecule has 0 bridgehead atoms. The van der Waals surface area contributed by atoms with Crippen molar-refractivity contribution in [2.45, 2.75) is 6.92 Å². The molecule has 0 radical (unpaired) electrons. The molecule has 3 aromatic heterocycles. The zero-order valence-electron chi connectivity index (χ0n) is 18.2. The number of pyridine rings is 1. The van der Waals surface area contributed by atoms with E-state index in [1.165, 1.54) is 30.2 Å². The maximum atomic E-state index is 14.5. The third-order valence-corrected chi connectivity index (χ3v) is 5.39. The second kappa shape index (κ2) is 8.28. The lowest BCUT2D eigenvalue weighted by molar-refractivity contribution is 0.102. The Morgan fingerprint density at radius 1 is 1.12 bits per heavy atom. The summed E-state index contributed by atoms with van der Waals surface area (Å²) in [5.74, 6) is 0.116. The summed E-state index contributed by atoms with van der Waals surface area (Å²) in [5.41, 5.74) is 7.97. The quantitative estimate of drug-likeness (QED) is 0.363. The number of methoxy groups -OCH3 is 1. The maximum Gasteiger partial charge on any atom is 0.276 e. The van der Waals surface area contributed by atoms with Gasteiger partial charge in [0.1, 0.15) is 23.7 Å². The number of carbonyl (C=O) groups is 1. The van der Waals surface area contributed by atoms with Crippen molar-refractivity contribution in [1.29, 1.82) is 0 Å². The molecule has 0 saturated heterocycles. The zero-order chi connectivity index (χ0) is 23.8. The van der Waals surface area contributed by atoms with Crippen LogP contribution in [0.1, 0.15) is 16.1 Å². The number of hydrogen-bond donors (Lipinski definition) is 3. The van der Waals surface area contributed by atoms with Gasteiger partial charge in [0.15, 0.2) is 17.2 Å². The molecule has 0 fully saturated rings. The number of ether oxygens (including phenoxy) is 1. The van der Waals surface area contributed by atoms with Gasteiger partial charge in [-0.1, -0.05) is 12.1 Å². The molecule has 0 saturated carbocycles. The number of nitrogens with zero attached hydrogens (tertiary/aromatic N) is 5. The highest BCUT2D eigenvalue weighted by atomic mass is 19.1. The van der Waals surface area contributed by atoms with E-state index < -0.39 is 11.7 Å². The van der Waals surface area contributed by atoms with Crippen LogP contribution in [0.2, 0.25) is 0 Å². The van der Waals surface area contributed by atoms with Crippen molar-refractivity contribution in [3.63, 3.8) is 0 Å². The van der Waals surface area contributed by atoms with Gasteiger partial charge in [0.2, 0.25) is 0 Å². The summed E-state index contributed by atoms with van der Waals surface area (Å²) >= 11 is 0. The number of rotatable bonds is 5. The van der Waals surface area contributed by atoms with E-state index in [1.54, 1.807) is 24.4 Å². The molecule has 0 aliphatic carbocycles. The van der Waals surface area contributed by atoms with Crippen molar-refractivity contribution in [3.8, 4) is 5.75 Å². The second-order valence-electron chi connectivity index (χ2n) is 7.46. The molecule has 11 heteroatoms. The average molecular weight is 458 g/mol. The van der Waals surface area contributed by atoms with E-state index in [0.29, 0.717) is 28.3 Å². The summed E-state index contributed by atoms with van der Waals surface area (Å²) in [6, 6.07) is 10.0. The summed E-state index contributed by atoms with van der Waals surface area (Å²) in [6.45, 7) is 1.88. The van der Waals surface area contributed by atoms with Crippen LogP contribution < -0.4 is 21.1 Å². The fraction of sp³-hybridized carbons (Fsp3) is 0.0870. The molecule has 4 N–H and O–H groups in total. The number of aryl methyl sites for hydroxylation is 1. The van der Waals surface area contributed by atoms with Gasteiger partial charge in [0.25, 0.3) is 5.91 Å². The van der Waals surface area contributed by atoms with Crippen LogP contribution in [0.4, 0.5) is 27.4 Å². The van der Waals surface area contributed by atoms with Crippen molar-refractivity contribution in [2.24, 2.45) is 0 Å². The van der Waals surface area contributed by atoms with Gasteiger partial charge in [-0.15, -0.1) is 0 Å². The molecule has 0 aliphatic heterocycles. The van der Waals surface area contributed by atoms with Crippen LogP contribution in [0.3, 0.4) is 0 Å². The predicted octanol–water partition coefficient (Wildman–Crippen LogP) is 3.71. The average Bonchev–Trinajstić information content (AvgIpc) is 3.28. The number of imidazole rings is 1. The Labute approximate surface area is 192 Å². The molecule has 0 unspecified atom stereocenters. The van der Waals surface area contributed by atoms with Crippen LogP contribution in [-0.2, 0) is 0 Å². The van der Waals surface area contributed by atoms with Crippen molar-refractivity contribution >= 4 is 45.3 Å². The predicted molar refractivity (Wildman–Crippen MR) is 126 cm³/mol. The number of anilines is 4. The van der Waals surface area contributed by atoms with Crippen molar-refractivity contribution < 1.29 is 13.9 Å². The molecule has 2 aromatic carbocycles. The largest absolute Gasteiger partial charge is 0.497 e. The number of nitrogen functional groups attached to an aromatic ring is 1. The number of benzene rings is 2. The molecule has 5 aromatic rings. The summed E-state index contributed by atoms with van der Waals surface area (Å²) in [4.78, 5) is 25.5. The first-order valence-electron chi connectivity index (χ1n) is 10.2. The Balaban J connectivity index is 1.53. The minimum atomic E-state index is -0.479. The first-order valence-corrected chi connectivity index (χ1v) is 10.2. The van der Waals surface area contributed by atoms with Gasteiger partial charge in [-0.3, -0.25) is 4.79 Å². The molecule has 0 atom stereocenters. The Kier molecular flexibility index (Phi) is 5.13. The van der Waals surface area contributed by atoms with E-state index in [1.807, 2.05) is 19.1 Å². The van der Waals surface area contributed by atoms with Crippen LogP contribution in [0.25, 0.3) is 16.4 Å². The molecule has 10 nitrogen and oxygen atoms in total. The van der Waals surface area contributed by atoms with Crippen molar-refractivity contribution in [3.05, 3.63) is 72.2 Å². The van der Waals surface area contributed by atoms with E-state index in [0.717, 1.165) is 10.9 Å². The third kappa shape index (κ3) is 3.58. The number of amides is 1. The summed E-state index contributed by atoms with van der Waals surface area (Å²) < 4.78 is 20.9. The number of hydrogen-bond acceptors (Lipinski definition) is 8. The van der Waals surface area contributed by atoms with E-state index in [4.69, 9.17) is 10.5 Å². The fourth-order valence-electron chi connectivity index (χ4n) is 3.65. The minimum Gasteiger partial charge on any atom is -0.497 e. The number of nitrogens with two attached hydrogens (primary N) is 1. The smallest absolute Gasteiger partial charge is 0.276 e. The minimum absolute atomic E-state index is 0.169. The number of fused-ring (bicyclic) bond motifs is 2. The van der Waals surface area contributed by atoms with Gasteiger partial charge in [-0.25, -0.2) is 23.9 Å². The Bertz CT molecular complexity index is 1570. The summed E-state index contributed by atoms with van der Waals surface area (Å²) in [7, 11) is 1.47. The molecule has 0 spiro atoms. The highest BCUT2D eigenvalue weighted by Gasteiger charge is 2.18. The Morgan fingerprint density at radius 3 is 2.76 bits per heavy atom. The topological polar surface area (TPSA) is 132 Å². The van der Waals surface area contributed by atoms with Gasteiger partial charge in [0, 0.05) is 23.0 Å². The van der Waals surface area contributed by atoms with E-state index in [2.05, 4.69) is 30.7 Å². The SMILES string of the molecule is COc1ccc(Nc2nccc3c(NC(=O)c4cnc5c(N)ncnn45)c(C)ccc23)c(F)c1. The molecule has 5 rings (SSSR count). The van der Waals surface area contributed by atoms with Gasteiger partial charge in [-0.05, 0) is 30.7 Å². The normalized spacial score (nSPS) is 11.0. The monoisotopic (exact) mass is 458 g/mol. The summed E-state index contributed by atoms with van der Waals surface area (Å²) in [6.07, 6.45) is 4.23. The van der Waals surface area contributed by atoms with Crippen molar-refractivity contribution in [1.82, 2.24) is 24.6 Å². The lowest BCUT2D eigenvalue weighted by atomic mass is 10.1. The standard InChI is InChI=1S/C23H19FN8O2/c1-12-3-5-15-14(7-8-26-21(15)30-17-6-4-13(34-2)9-16(17)24)19(12)31-23(33)18-10-27-22-20(25)28-11-29-32(18)22/h3-11H,1-2H3,(H,26,30)(H,31,33)(H2,25,28,29). The Hall–Kier alpha value is -4.80. The van der Waals surface area contributed by atoms with Crippen LogP contribution in [0.15, 0.2) is 55.1 Å². The zero-order valence-corrected chi connectivity index (χ0v) is 18.2. The lowest BCUT2D eigenvalue weighted by Gasteiger charge is -2.15. The number of nitrogens with one attached hydrogen (secondary N) is 2. The summed E-state index contributed by atoms with van der Waals surface area (Å²) in [5, 5.41) is 11.5. The third-order valence-electron chi connectivity index (χ3n) is 5.39. The van der Waals surface area contributed by atoms with E-state index in [-0.39, 0.29) is 17.2 Å².